The summed E-state index contributed by atoms with van der Waals surface area (Å²) in [7, 11) is 0. The molecule has 1 heteroatoms. The number of allylic oxidation sites excluding steroid dienone is 1. The first kappa shape index (κ1) is 5.45. The van der Waals surface area contributed by atoms with E-state index in [1.807, 2.05) is 6.92 Å². The van der Waals surface area contributed by atoms with Gasteiger partial charge in [0.25, 0.3) is 0 Å². The number of rotatable bonds is 1. The molecular weight excluding hydrogens is 115 g/mol. The van der Waals surface area contributed by atoms with Gasteiger partial charge in [0.2, 0.25) is 0 Å². The molecule has 50 valence electrons. The van der Waals surface area contributed by atoms with Gasteiger partial charge in [-0.05, 0) is 24.7 Å². The van der Waals surface area contributed by atoms with Gasteiger partial charge in [0.05, 0.1) is 5.83 Å². The third kappa shape index (κ3) is 0.440. The molecule has 0 nitrogen and oxygen atoms in total. The van der Waals surface area contributed by atoms with E-state index in [-0.39, 0.29) is 11.2 Å². The highest BCUT2D eigenvalue weighted by atomic mass is 19.1. The Kier molecular flexibility index (Phi) is 0.662. The molecule has 0 saturated heterocycles. The molecular formula is C8H11F. The zero-order chi connectivity index (χ0) is 6.70. The van der Waals surface area contributed by atoms with Crippen molar-refractivity contribution in [2.75, 3.05) is 0 Å². The summed E-state index contributed by atoms with van der Waals surface area (Å²) in [5, 5.41) is 0. The average molecular weight is 126 g/mol. The number of halogens is 1. The Morgan fingerprint density at radius 1 is 1.56 bits per heavy atom. The second-order valence-electron chi connectivity index (χ2n) is 3.69. The van der Waals surface area contributed by atoms with E-state index in [9.17, 15) is 4.39 Å². The summed E-state index contributed by atoms with van der Waals surface area (Å²) in [5.41, 5.74) is 0.297. The maximum Gasteiger partial charge on any atom is 0.0992 e. The molecule has 2 fully saturated rings. The highest BCUT2D eigenvalue weighted by molar-refractivity contribution is 5.29. The minimum atomic E-state index is -0.104. The van der Waals surface area contributed by atoms with Crippen LogP contribution in [0.1, 0.15) is 26.2 Å². The topological polar surface area (TPSA) is 0 Å². The monoisotopic (exact) mass is 126 g/mol. The van der Waals surface area contributed by atoms with Crippen molar-refractivity contribution in [1.29, 1.82) is 0 Å². The van der Waals surface area contributed by atoms with Crippen LogP contribution >= 0.6 is 0 Å². The normalized spacial score (nSPS) is 42.9. The molecule has 0 amide bonds. The van der Waals surface area contributed by atoms with E-state index in [0.717, 1.165) is 6.42 Å². The summed E-state index contributed by atoms with van der Waals surface area (Å²) >= 11 is 0. The second-order valence-corrected chi connectivity index (χ2v) is 3.69. The van der Waals surface area contributed by atoms with Gasteiger partial charge in [0, 0.05) is 5.41 Å². The molecule has 1 spiro atoms. The van der Waals surface area contributed by atoms with E-state index in [0.29, 0.717) is 5.41 Å². The van der Waals surface area contributed by atoms with Crippen molar-refractivity contribution >= 4 is 0 Å². The SMILES string of the molecule is C=C(F)C1(C)CC12CC2. The van der Waals surface area contributed by atoms with Gasteiger partial charge in [-0.1, -0.05) is 13.5 Å². The van der Waals surface area contributed by atoms with E-state index in [1.54, 1.807) is 0 Å². The zero-order valence-corrected chi connectivity index (χ0v) is 5.71. The number of hydrogen-bond donors (Lipinski definition) is 0. The van der Waals surface area contributed by atoms with Crippen LogP contribution in [0.15, 0.2) is 12.4 Å². The van der Waals surface area contributed by atoms with Crippen molar-refractivity contribution < 1.29 is 4.39 Å². The molecule has 2 aliphatic carbocycles. The lowest BCUT2D eigenvalue weighted by Crippen LogP contribution is -1.96. The van der Waals surface area contributed by atoms with Crippen LogP contribution in [-0.4, -0.2) is 0 Å². The van der Waals surface area contributed by atoms with Crippen molar-refractivity contribution in [3.8, 4) is 0 Å². The van der Waals surface area contributed by atoms with Crippen molar-refractivity contribution in [3.05, 3.63) is 12.4 Å². The number of hydrogen-bond acceptors (Lipinski definition) is 0. The van der Waals surface area contributed by atoms with E-state index in [4.69, 9.17) is 0 Å². The molecule has 0 bridgehead atoms. The van der Waals surface area contributed by atoms with Crippen LogP contribution in [0, 0.1) is 10.8 Å². The largest absolute Gasteiger partial charge is 0.212 e. The molecule has 1 unspecified atom stereocenters. The molecule has 0 aromatic carbocycles. The minimum Gasteiger partial charge on any atom is -0.212 e. The standard InChI is InChI=1S/C8H11F/c1-6(9)7(2)5-8(7)3-4-8/h1,3-5H2,2H3. The Morgan fingerprint density at radius 2 is 2.11 bits per heavy atom. The smallest absolute Gasteiger partial charge is 0.0992 e. The quantitative estimate of drug-likeness (QED) is 0.506. The first-order valence-corrected chi connectivity index (χ1v) is 3.46. The Balaban J connectivity index is 2.21. The Hall–Kier alpha value is -0.330. The van der Waals surface area contributed by atoms with Gasteiger partial charge in [0.15, 0.2) is 0 Å². The molecule has 0 heterocycles. The lowest BCUT2D eigenvalue weighted by molar-refractivity contribution is 0.443. The van der Waals surface area contributed by atoms with Gasteiger partial charge in [0.1, 0.15) is 0 Å². The molecule has 0 aromatic rings. The first-order chi connectivity index (χ1) is 4.11. The lowest BCUT2D eigenvalue weighted by atomic mass is 10.1. The van der Waals surface area contributed by atoms with Crippen LogP contribution in [-0.2, 0) is 0 Å². The molecule has 0 N–H and O–H groups in total. The molecule has 2 saturated carbocycles. The van der Waals surface area contributed by atoms with Crippen molar-refractivity contribution in [2.24, 2.45) is 10.8 Å². The summed E-state index contributed by atoms with van der Waals surface area (Å²) in [6.07, 6.45) is 3.51. The molecule has 0 aliphatic heterocycles. The van der Waals surface area contributed by atoms with Crippen LogP contribution in [0.2, 0.25) is 0 Å². The van der Waals surface area contributed by atoms with E-state index in [2.05, 4.69) is 6.58 Å². The Bertz CT molecular complexity index is 179. The summed E-state index contributed by atoms with van der Waals surface area (Å²) in [4.78, 5) is 0. The van der Waals surface area contributed by atoms with Crippen LogP contribution in [0.4, 0.5) is 4.39 Å². The molecule has 2 aliphatic rings. The predicted octanol–water partition coefficient (Wildman–Crippen LogP) is 2.66. The van der Waals surface area contributed by atoms with Crippen LogP contribution < -0.4 is 0 Å². The van der Waals surface area contributed by atoms with Crippen LogP contribution in [0.5, 0.6) is 0 Å². The van der Waals surface area contributed by atoms with E-state index < -0.39 is 0 Å². The first-order valence-electron chi connectivity index (χ1n) is 3.46. The highest BCUT2D eigenvalue weighted by Gasteiger charge is 2.72. The van der Waals surface area contributed by atoms with Gasteiger partial charge < -0.3 is 0 Å². The maximum atomic E-state index is 12.6. The molecule has 0 aromatic heterocycles. The fourth-order valence-corrected chi connectivity index (χ4v) is 1.90. The average Bonchev–Trinajstić information content (AvgIpc) is 2.56. The van der Waals surface area contributed by atoms with Crippen molar-refractivity contribution in [3.63, 3.8) is 0 Å². The van der Waals surface area contributed by atoms with Gasteiger partial charge in [-0.15, -0.1) is 0 Å². The summed E-state index contributed by atoms with van der Waals surface area (Å²) in [6, 6.07) is 0. The molecule has 1 atom stereocenters. The fraction of sp³-hybridized carbons (Fsp3) is 0.750. The Labute approximate surface area is 54.8 Å². The van der Waals surface area contributed by atoms with Gasteiger partial charge in [-0.2, -0.15) is 0 Å². The minimum absolute atomic E-state index is 0.0972. The Morgan fingerprint density at radius 3 is 2.22 bits per heavy atom. The fourth-order valence-electron chi connectivity index (χ4n) is 1.90. The summed E-state index contributed by atoms with van der Waals surface area (Å²) in [5.74, 6) is -0.0972. The molecule has 9 heavy (non-hydrogen) atoms. The van der Waals surface area contributed by atoms with Crippen molar-refractivity contribution in [1.82, 2.24) is 0 Å². The third-order valence-corrected chi connectivity index (χ3v) is 3.19. The van der Waals surface area contributed by atoms with E-state index >= 15 is 0 Å². The van der Waals surface area contributed by atoms with Crippen LogP contribution in [0.25, 0.3) is 0 Å². The lowest BCUT2D eigenvalue weighted by Gasteiger charge is -2.03. The van der Waals surface area contributed by atoms with Gasteiger partial charge in [-0.3, -0.25) is 0 Å². The van der Waals surface area contributed by atoms with Crippen molar-refractivity contribution in [2.45, 2.75) is 26.2 Å². The molecule has 2 rings (SSSR count). The van der Waals surface area contributed by atoms with E-state index in [1.165, 1.54) is 12.8 Å². The molecule has 0 radical (unpaired) electrons. The predicted molar refractivity (Wildman–Crippen MR) is 34.6 cm³/mol. The highest BCUT2D eigenvalue weighted by Crippen LogP contribution is 2.80. The maximum absolute atomic E-state index is 12.6. The van der Waals surface area contributed by atoms with Gasteiger partial charge in [-0.25, -0.2) is 4.39 Å². The third-order valence-electron chi connectivity index (χ3n) is 3.19. The van der Waals surface area contributed by atoms with Crippen LogP contribution in [0.3, 0.4) is 0 Å². The second kappa shape index (κ2) is 1.09. The summed E-state index contributed by atoms with van der Waals surface area (Å²) < 4.78 is 12.6. The zero-order valence-electron chi connectivity index (χ0n) is 5.71. The summed E-state index contributed by atoms with van der Waals surface area (Å²) in [6.45, 7) is 5.35. The van der Waals surface area contributed by atoms with Gasteiger partial charge >= 0.3 is 0 Å².